The first-order valence-electron chi connectivity index (χ1n) is 8.28. The molecule has 1 aromatic heterocycles. The maximum atomic E-state index is 13.3. The summed E-state index contributed by atoms with van der Waals surface area (Å²) in [6, 6.07) is 13.1. The summed E-state index contributed by atoms with van der Waals surface area (Å²) < 4.78 is 15.6. The Balaban J connectivity index is 1.72. The van der Waals surface area contributed by atoms with Crippen LogP contribution in [0.15, 0.2) is 47.5 Å². The highest BCUT2D eigenvalue weighted by molar-refractivity contribution is 5.88. The Bertz CT molecular complexity index is 967. The molecule has 24 heavy (non-hydrogen) atoms. The second kappa shape index (κ2) is 5.13. The molecule has 0 aliphatic carbocycles. The number of aryl methyl sites for hydroxylation is 1. The van der Waals surface area contributed by atoms with Crippen LogP contribution < -0.4 is 0 Å². The fraction of sp³-hybridized carbons (Fsp3) is 0.200. The van der Waals surface area contributed by atoms with E-state index in [1.54, 1.807) is 0 Å². The summed E-state index contributed by atoms with van der Waals surface area (Å²) in [6.07, 6.45) is 4.07. The molecule has 4 heteroatoms. The van der Waals surface area contributed by atoms with Crippen LogP contribution >= 0.6 is 0 Å². The van der Waals surface area contributed by atoms with Crippen LogP contribution in [0.1, 0.15) is 23.4 Å². The lowest BCUT2D eigenvalue weighted by atomic mass is 10.0. The summed E-state index contributed by atoms with van der Waals surface area (Å²) >= 11 is 0. The van der Waals surface area contributed by atoms with Crippen molar-refractivity contribution in [3.63, 3.8) is 0 Å². The van der Waals surface area contributed by atoms with Crippen LogP contribution in [0.4, 0.5) is 4.39 Å². The Labute approximate surface area is 139 Å². The van der Waals surface area contributed by atoms with Crippen molar-refractivity contribution in [2.45, 2.75) is 25.9 Å². The summed E-state index contributed by atoms with van der Waals surface area (Å²) in [5.74, 6) is 0.902. The summed E-state index contributed by atoms with van der Waals surface area (Å²) in [7, 11) is 0. The predicted octanol–water partition coefficient (Wildman–Crippen LogP) is 4.23. The summed E-state index contributed by atoms with van der Waals surface area (Å²) in [6.45, 7) is 1.76. The summed E-state index contributed by atoms with van der Waals surface area (Å²) in [5, 5.41) is 0. The standard InChI is InChI=1S/C20H16FN3/c21-17-7-5-13(6-8-17)19-20(24-9-1-2-18(24)23-19)14-3-4-15-11-22-12-16(15)10-14/h3-8,10,12H,1-2,9,11H2. The van der Waals surface area contributed by atoms with Gasteiger partial charge in [0.1, 0.15) is 11.6 Å². The van der Waals surface area contributed by atoms with E-state index in [2.05, 4.69) is 27.8 Å². The van der Waals surface area contributed by atoms with E-state index >= 15 is 0 Å². The summed E-state index contributed by atoms with van der Waals surface area (Å²) in [4.78, 5) is 9.21. The Hall–Kier alpha value is -2.75. The molecule has 3 heterocycles. The number of imidazole rings is 1. The van der Waals surface area contributed by atoms with Gasteiger partial charge < -0.3 is 4.57 Å². The SMILES string of the molecule is Fc1ccc(-c2nc3n(c2-c2ccc4c(c2)C=NC4)CCC3)cc1. The number of rotatable bonds is 2. The average Bonchev–Trinajstić information content (AvgIpc) is 3.29. The van der Waals surface area contributed by atoms with E-state index in [9.17, 15) is 4.39 Å². The Kier molecular flexibility index (Phi) is 2.92. The number of aliphatic imine (C=N–C) groups is 1. The first-order valence-corrected chi connectivity index (χ1v) is 8.28. The predicted molar refractivity (Wildman–Crippen MR) is 92.7 cm³/mol. The monoisotopic (exact) mass is 317 g/mol. The Morgan fingerprint density at radius 2 is 1.83 bits per heavy atom. The highest BCUT2D eigenvalue weighted by Gasteiger charge is 2.23. The molecule has 0 radical (unpaired) electrons. The van der Waals surface area contributed by atoms with E-state index in [4.69, 9.17) is 4.98 Å². The van der Waals surface area contributed by atoms with Crippen LogP contribution in [0.2, 0.25) is 0 Å². The third-order valence-corrected chi connectivity index (χ3v) is 4.86. The molecule has 3 nitrogen and oxygen atoms in total. The molecule has 0 amide bonds. The molecule has 0 saturated heterocycles. The van der Waals surface area contributed by atoms with Crippen LogP contribution in [-0.2, 0) is 19.5 Å². The van der Waals surface area contributed by atoms with Crippen molar-refractivity contribution in [1.29, 1.82) is 0 Å². The van der Waals surface area contributed by atoms with Crippen molar-refractivity contribution < 1.29 is 4.39 Å². The molecule has 0 fully saturated rings. The van der Waals surface area contributed by atoms with Crippen molar-refractivity contribution in [2.24, 2.45) is 4.99 Å². The van der Waals surface area contributed by atoms with Gasteiger partial charge in [-0.15, -0.1) is 0 Å². The number of hydrogen-bond acceptors (Lipinski definition) is 2. The topological polar surface area (TPSA) is 30.2 Å². The molecule has 0 bridgehead atoms. The van der Waals surface area contributed by atoms with Gasteiger partial charge in [0, 0.05) is 30.3 Å². The normalized spacial score (nSPS) is 14.9. The second-order valence-electron chi connectivity index (χ2n) is 6.37. The van der Waals surface area contributed by atoms with Gasteiger partial charge in [-0.05, 0) is 47.9 Å². The first-order chi connectivity index (χ1) is 11.8. The van der Waals surface area contributed by atoms with Gasteiger partial charge in [0.15, 0.2) is 0 Å². The van der Waals surface area contributed by atoms with Crippen molar-refractivity contribution in [2.75, 3.05) is 0 Å². The van der Waals surface area contributed by atoms with Crippen LogP contribution in [0.5, 0.6) is 0 Å². The minimum Gasteiger partial charge on any atom is -0.327 e. The van der Waals surface area contributed by atoms with E-state index in [0.717, 1.165) is 54.3 Å². The molecule has 2 aliphatic heterocycles. The lowest BCUT2D eigenvalue weighted by Gasteiger charge is -2.10. The van der Waals surface area contributed by atoms with Gasteiger partial charge in [-0.1, -0.05) is 12.1 Å². The number of fused-ring (bicyclic) bond motifs is 2. The molecule has 3 aromatic rings. The number of hydrogen-bond donors (Lipinski definition) is 0. The maximum Gasteiger partial charge on any atom is 0.123 e. The lowest BCUT2D eigenvalue weighted by molar-refractivity contribution is 0.628. The fourth-order valence-electron chi connectivity index (χ4n) is 3.68. The van der Waals surface area contributed by atoms with Gasteiger partial charge in [-0.25, -0.2) is 9.37 Å². The smallest absolute Gasteiger partial charge is 0.123 e. The highest BCUT2D eigenvalue weighted by atomic mass is 19.1. The molecule has 0 unspecified atom stereocenters. The summed E-state index contributed by atoms with van der Waals surface area (Å²) in [5.41, 5.74) is 6.65. The van der Waals surface area contributed by atoms with Gasteiger partial charge in [0.25, 0.3) is 0 Å². The van der Waals surface area contributed by atoms with Crippen molar-refractivity contribution >= 4 is 6.21 Å². The third kappa shape index (κ3) is 2.03. The number of halogens is 1. The molecular formula is C20H16FN3. The zero-order chi connectivity index (χ0) is 16.1. The van der Waals surface area contributed by atoms with Gasteiger partial charge >= 0.3 is 0 Å². The molecule has 0 N–H and O–H groups in total. The van der Waals surface area contributed by atoms with Crippen molar-refractivity contribution in [3.05, 3.63) is 65.2 Å². The molecule has 118 valence electrons. The van der Waals surface area contributed by atoms with Crippen LogP contribution in [0, 0.1) is 5.82 Å². The quantitative estimate of drug-likeness (QED) is 0.695. The van der Waals surface area contributed by atoms with E-state index in [0.29, 0.717) is 0 Å². The molecular weight excluding hydrogens is 301 g/mol. The Morgan fingerprint density at radius 1 is 1.00 bits per heavy atom. The van der Waals surface area contributed by atoms with Gasteiger partial charge in [-0.3, -0.25) is 4.99 Å². The van der Waals surface area contributed by atoms with E-state index in [1.165, 1.54) is 23.3 Å². The third-order valence-electron chi connectivity index (χ3n) is 4.86. The maximum absolute atomic E-state index is 13.3. The zero-order valence-corrected chi connectivity index (χ0v) is 13.2. The van der Waals surface area contributed by atoms with Gasteiger partial charge in [-0.2, -0.15) is 0 Å². The Morgan fingerprint density at radius 3 is 2.71 bits per heavy atom. The van der Waals surface area contributed by atoms with Crippen LogP contribution in [0.25, 0.3) is 22.5 Å². The fourth-order valence-corrected chi connectivity index (χ4v) is 3.68. The highest BCUT2D eigenvalue weighted by Crippen LogP contribution is 2.36. The van der Waals surface area contributed by atoms with Crippen molar-refractivity contribution in [3.8, 4) is 22.5 Å². The number of nitrogens with zero attached hydrogens (tertiary/aromatic N) is 3. The zero-order valence-electron chi connectivity index (χ0n) is 13.2. The molecule has 2 aliphatic rings. The van der Waals surface area contributed by atoms with E-state index in [1.807, 2.05) is 18.3 Å². The van der Waals surface area contributed by atoms with Crippen LogP contribution in [0.3, 0.4) is 0 Å². The molecule has 0 spiro atoms. The second-order valence-corrected chi connectivity index (χ2v) is 6.37. The first kappa shape index (κ1) is 13.7. The largest absolute Gasteiger partial charge is 0.327 e. The molecule has 0 saturated carbocycles. The van der Waals surface area contributed by atoms with E-state index in [-0.39, 0.29) is 5.82 Å². The van der Waals surface area contributed by atoms with Crippen LogP contribution in [-0.4, -0.2) is 15.8 Å². The van der Waals surface area contributed by atoms with Crippen molar-refractivity contribution in [1.82, 2.24) is 9.55 Å². The van der Waals surface area contributed by atoms with Gasteiger partial charge in [0.2, 0.25) is 0 Å². The minimum atomic E-state index is -0.221. The molecule has 5 rings (SSSR count). The number of aromatic nitrogens is 2. The van der Waals surface area contributed by atoms with Gasteiger partial charge in [0.05, 0.1) is 17.9 Å². The lowest BCUT2D eigenvalue weighted by Crippen LogP contribution is -1.97. The molecule has 2 aromatic carbocycles. The molecule has 0 atom stereocenters. The number of benzene rings is 2. The average molecular weight is 317 g/mol. The minimum absolute atomic E-state index is 0.221. The van der Waals surface area contributed by atoms with E-state index < -0.39 is 0 Å².